The number of carbonyl (C=O) groups excluding carboxylic acids is 3. The second-order valence-electron chi connectivity index (χ2n) is 7.28. The maximum Gasteiger partial charge on any atom is 0.335 e. The Morgan fingerprint density at radius 1 is 0.906 bits per heavy atom. The predicted octanol–water partition coefficient (Wildman–Crippen LogP) is 5.00. The summed E-state index contributed by atoms with van der Waals surface area (Å²) < 4.78 is 6.79. The Labute approximate surface area is 193 Å². The van der Waals surface area contributed by atoms with Gasteiger partial charge in [0.25, 0.3) is 11.8 Å². The zero-order valence-electron chi connectivity index (χ0n) is 17.2. The lowest BCUT2D eigenvalue weighted by Crippen LogP contribution is -2.54. The van der Waals surface area contributed by atoms with Gasteiger partial charge >= 0.3 is 6.03 Å². The number of nitrogens with zero attached hydrogens (tertiary/aromatic N) is 1. The molecule has 7 heteroatoms. The molecule has 0 atom stereocenters. The number of ether oxygens (including phenoxy) is 1. The summed E-state index contributed by atoms with van der Waals surface area (Å²) in [6.07, 6.45) is 1.46. The van der Waals surface area contributed by atoms with Gasteiger partial charge in [-0.1, -0.05) is 57.9 Å². The van der Waals surface area contributed by atoms with Crippen LogP contribution in [0.5, 0.6) is 5.75 Å². The van der Waals surface area contributed by atoms with Crippen LogP contribution in [-0.2, 0) is 16.2 Å². The summed E-state index contributed by atoms with van der Waals surface area (Å²) in [6.45, 7) is 2.32. The Morgan fingerprint density at radius 3 is 2.22 bits per heavy atom. The second kappa shape index (κ2) is 9.20. The Balaban J connectivity index is 1.50. The molecule has 0 spiro atoms. The van der Waals surface area contributed by atoms with Crippen molar-refractivity contribution >= 4 is 45.5 Å². The molecule has 4 amide bonds. The number of aryl methyl sites for hydroxylation is 1. The van der Waals surface area contributed by atoms with E-state index >= 15 is 0 Å². The number of nitrogens with one attached hydrogen (secondary N) is 1. The Kier molecular flexibility index (Phi) is 6.18. The van der Waals surface area contributed by atoms with Gasteiger partial charge in [0.15, 0.2) is 0 Å². The first-order chi connectivity index (χ1) is 15.4. The largest absolute Gasteiger partial charge is 0.489 e. The van der Waals surface area contributed by atoms with Gasteiger partial charge in [-0.15, -0.1) is 0 Å². The van der Waals surface area contributed by atoms with E-state index in [1.54, 1.807) is 48.5 Å². The number of anilines is 1. The minimum absolute atomic E-state index is 0.117. The molecule has 1 saturated heterocycles. The molecule has 1 aliphatic heterocycles. The van der Waals surface area contributed by atoms with Crippen LogP contribution in [0.3, 0.4) is 0 Å². The van der Waals surface area contributed by atoms with Crippen LogP contribution in [0.25, 0.3) is 6.08 Å². The van der Waals surface area contributed by atoms with Gasteiger partial charge in [0, 0.05) is 4.47 Å². The van der Waals surface area contributed by atoms with E-state index in [4.69, 9.17) is 4.74 Å². The molecule has 1 aliphatic rings. The summed E-state index contributed by atoms with van der Waals surface area (Å²) in [7, 11) is 0. The summed E-state index contributed by atoms with van der Waals surface area (Å²) in [5.41, 5.74) is 2.94. The van der Waals surface area contributed by atoms with E-state index in [0.717, 1.165) is 20.5 Å². The summed E-state index contributed by atoms with van der Waals surface area (Å²) >= 11 is 3.40. The van der Waals surface area contributed by atoms with Crippen molar-refractivity contribution in [3.8, 4) is 5.75 Å². The van der Waals surface area contributed by atoms with Gasteiger partial charge in [0.2, 0.25) is 0 Å². The molecule has 1 fully saturated rings. The third kappa shape index (κ3) is 4.78. The minimum Gasteiger partial charge on any atom is -0.489 e. The van der Waals surface area contributed by atoms with E-state index in [1.165, 1.54) is 6.08 Å². The average molecular weight is 491 g/mol. The molecule has 4 rings (SSSR count). The highest BCUT2D eigenvalue weighted by Gasteiger charge is 2.36. The Bertz CT molecular complexity index is 1200. The summed E-state index contributed by atoms with van der Waals surface area (Å²) in [4.78, 5) is 38.5. The molecule has 32 heavy (non-hydrogen) atoms. The molecule has 3 aromatic rings. The fraction of sp³-hybridized carbons (Fsp3) is 0.0800. The lowest BCUT2D eigenvalue weighted by Gasteiger charge is -2.26. The fourth-order valence-corrected chi connectivity index (χ4v) is 3.42. The number of urea groups is 1. The van der Waals surface area contributed by atoms with Crippen LogP contribution >= 0.6 is 15.9 Å². The molecular formula is C25H19BrN2O4. The summed E-state index contributed by atoms with van der Waals surface area (Å²) in [6, 6.07) is 21.0. The van der Waals surface area contributed by atoms with Gasteiger partial charge in [-0.2, -0.15) is 0 Å². The van der Waals surface area contributed by atoms with Crippen molar-refractivity contribution in [3.63, 3.8) is 0 Å². The second-order valence-corrected chi connectivity index (χ2v) is 8.19. The number of imide groups is 2. The quantitative estimate of drug-likeness (QED) is 0.403. The lowest BCUT2D eigenvalue weighted by atomic mass is 10.1. The van der Waals surface area contributed by atoms with Crippen molar-refractivity contribution in [1.29, 1.82) is 0 Å². The molecule has 0 bridgehead atoms. The van der Waals surface area contributed by atoms with Gasteiger partial charge in [-0.3, -0.25) is 14.9 Å². The molecule has 0 aromatic heterocycles. The van der Waals surface area contributed by atoms with Crippen LogP contribution < -0.4 is 15.0 Å². The molecule has 0 saturated carbocycles. The number of rotatable bonds is 5. The number of amides is 4. The maximum absolute atomic E-state index is 12.9. The number of hydrogen-bond acceptors (Lipinski definition) is 4. The van der Waals surface area contributed by atoms with Gasteiger partial charge in [-0.25, -0.2) is 9.69 Å². The van der Waals surface area contributed by atoms with Crippen LogP contribution in [0.2, 0.25) is 0 Å². The van der Waals surface area contributed by atoms with E-state index in [1.807, 2.05) is 31.2 Å². The van der Waals surface area contributed by atoms with Crippen LogP contribution in [0, 0.1) is 6.92 Å². The SMILES string of the molecule is Cc1ccc(N2C(=O)NC(=O)C(=Cc3ccc(OCc4ccc(Br)cc4)cc3)C2=O)cc1. The molecule has 3 aromatic carbocycles. The molecule has 1 heterocycles. The van der Waals surface area contributed by atoms with Crippen LogP contribution in [0.4, 0.5) is 10.5 Å². The highest BCUT2D eigenvalue weighted by molar-refractivity contribution is 9.10. The molecule has 6 nitrogen and oxygen atoms in total. The van der Waals surface area contributed by atoms with Gasteiger partial charge in [0.05, 0.1) is 5.69 Å². The highest BCUT2D eigenvalue weighted by atomic mass is 79.9. The highest BCUT2D eigenvalue weighted by Crippen LogP contribution is 2.23. The summed E-state index contributed by atoms with van der Waals surface area (Å²) in [5, 5.41) is 2.23. The molecule has 0 unspecified atom stereocenters. The zero-order valence-corrected chi connectivity index (χ0v) is 18.8. The Hall–Kier alpha value is -3.71. The van der Waals surface area contributed by atoms with Crippen molar-refractivity contribution in [1.82, 2.24) is 5.32 Å². The van der Waals surface area contributed by atoms with E-state index in [0.29, 0.717) is 23.6 Å². The van der Waals surface area contributed by atoms with Crippen LogP contribution in [-0.4, -0.2) is 17.8 Å². The van der Waals surface area contributed by atoms with Crippen molar-refractivity contribution in [2.75, 3.05) is 4.90 Å². The molecule has 1 N–H and O–H groups in total. The first-order valence-electron chi connectivity index (χ1n) is 9.86. The van der Waals surface area contributed by atoms with E-state index < -0.39 is 17.8 Å². The van der Waals surface area contributed by atoms with Crippen molar-refractivity contribution in [2.45, 2.75) is 13.5 Å². The third-order valence-corrected chi connectivity index (χ3v) is 5.43. The molecular weight excluding hydrogens is 472 g/mol. The zero-order chi connectivity index (χ0) is 22.7. The van der Waals surface area contributed by atoms with E-state index in [2.05, 4.69) is 21.2 Å². The molecule has 160 valence electrons. The number of carbonyl (C=O) groups is 3. The Morgan fingerprint density at radius 2 is 1.56 bits per heavy atom. The first kappa shape index (κ1) is 21.5. The first-order valence-corrected chi connectivity index (χ1v) is 10.7. The average Bonchev–Trinajstić information content (AvgIpc) is 2.78. The lowest BCUT2D eigenvalue weighted by molar-refractivity contribution is -0.122. The minimum atomic E-state index is -0.766. The normalized spacial score (nSPS) is 15.1. The number of hydrogen-bond donors (Lipinski definition) is 1. The topological polar surface area (TPSA) is 75.7 Å². The number of benzene rings is 3. The summed E-state index contributed by atoms with van der Waals surface area (Å²) in [5.74, 6) is -0.733. The van der Waals surface area contributed by atoms with Gasteiger partial charge < -0.3 is 4.74 Å². The van der Waals surface area contributed by atoms with Crippen LogP contribution in [0.15, 0.2) is 82.8 Å². The smallest absolute Gasteiger partial charge is 0.335 e. The van der Waals surface area contributed by atoms with Crippen LogP contribution in [0.1, 0.15) is 16.7 Å². The van der Waals surface area contributed by atoms with Crippen molar-refractivity contribution in [2.24, 2.45) is 0 Å². The maximum atomic E-state index is 12.9. The van der Waals surface area contributed by atoms with Crippen molar-refractivity contribution < 1.29 is 19.1 Å². The fourth-order valence-electron chi connectivity index (χ4n) is 3.16. The monoisotopic (exact) mass is 490 g/mol. The third-order valence-electron chi connectivity index (χ3n) is 4.90. The van der Waals surface area contributed by atoms with E-state index in [-0.39, 0.29) is 5.57 Å². The predicted molar refractivity (Wildman–Crippen MR) is 125 cm³/mol. The van der Waals surface area contributed by atoms with Gasteiger partial charge in [-0.05, 0) is 60.5 Å². The molecule has 0 radical (unpaired) electrons. The number of barbiturate groups is 1. The number of halogens is 1. The standard InChI is InChI=1S/C25H19BrN2O4/c1-16-2-10-20(11-3-16)28-24(30)22(23(29)27-25(28)31)14-17-6-12-21(13-7-17)32-15-18-4-8-19(26)9-5-18/h2-14H,15H2,1H3,(H,27,29,31). The van der Waals surface area contributed by atoms with E-state index in [9.17, 15) is 14.4 Å². The molecule has 0 aliphatic carbocycles. The van der Waals surface area contributed by atoms with Gasteiger partial charge in [0.1, 0.15) is 17.9 Å². The van der Waals surface area contributed by atoms with Crippen molar-refractivity contribution in [3.05, 3.63) is 99.5 Å².